The lowest BCUT2D eigenvalue weighted by Gasteiger charge is -2.33. The van der Waals surface area contributed by atoms with Crippen molar-refractivity contribution in [3.8, 4) is 0 Å². The zero-order valence-corrected chi connectivity index (χ0v) is 21.1. The average Bonchev–Trinajstić information content (AvgIpc) is 3.36. The van der Waals surface area contributed by atoms with E-state index in [0.29, 0.717) is 19.0 Å². The van der Waals surface area contributed by atoms with Crippen LogP contribution in [0.5, 0.6) is 0 Å². The van der Waals surface area contributed by atoms with E-state index in [1.165, 1.54) is 30.4 Å². The van der Waals surface area contributed by atoms with Crippen LogP contribution in [0.25, 0.3) is 0 Å². The lowest BCUT2D eigenvalue weighted by Crippen LogP contribution is -2.48. The Morgan fingerprint density at radius 3 is 2.56 bits per heavy atom. The summed E-state index contributed by atoms with van der Waals surface area (Å²) >= 11 is 0. The molecule has 0 radical (unpaired) electrons. The quantitative estimate of drug-likeness (QED) is 0.328. The first-order valence-electron chi connectivity index (χ1n) is 11.3. The second-order valence-corrected chi connectivity index (χ2v) is 8.27. The van der Waals surface area contributed by atoms with Crippen LogP contribution in [0, 0.1) is 0 Å². The van der Waals surface area contributed by atoms with Gasteiger partial charge in [-0.15, -0.1) is 24.0 Å². The number of benzene rings is 1. The second-order valence-electron chi connectivity index (χ2n) is 8.27. The Kier molecular flexibility index (Phi) is 9.40. The summed E-state index contributed by atoms with van der Waals surface area (Å²) in [5, 5.41) is 6.59. The average molecular weight is 551 g/mol. The minimum absolute atomic E-state index is 0. The van der Waals surface area contributed by atoms with E-state index in [1.54, 1.807) is 13.3 Å². The molecule has 3 heterocycles. The fraction of sp³-hybridized carbons (Fsp3) is 0.500. The number of amides is 1. The number of hydrogen-bond donors (Lipinski definition) is 2. The van der Waals surface area contributed by atoms with Gasteiger partial charge in [0.2, 0.25) is 5.91 Å². The van der Waals surface area contributed by atoms with E-state index in [0.717, 1.165) is 31.8 Å². The molecule has 0 spiro atoms. The molecular weight excluding hydrogens is 517 g/mol. The highest BCUT2D eigenvalue weighted by atomic mass is 127. The number of halogens is 1. The number of aliphatic imine (C=N–C) groups is 1. The Morgan fingerprint density at radius 2 is 1.84 bits per heavy atom. The van der Waals surface area contributed by atoms with E-state index in [1.807, 2.05) is 23.1 Å². The second kappa shape index (κ2) is 12.2. The Morgan fingerprint density at radius 1 is 1.06 bits per heavy atom. The molecule has 4 rings (SSSR count). The molecule has 32 heavy (non-hydrogen) atoms. The molecule has 1 fully saturated rings. The van der Waals surface area contributed by atoms with Crippen molar-refractivity contribution in [3.05, 3.63) is 59.5 Å². The first-order valence-corrected chi connectivity index (χ1v) is 11.3. The molecule has 1 atom stereocenters. The number of carbonyl (C=O) groups excluding carboxylic acids is 1. The van der Waals surface area contributed by atoms with Crippen molar-refractivity contribution in [2.75, 3.05) is 39.8 Å². The van der Waals surface area contributed by atoms with E-state index in [4.69, 9.17) is 4.42 Å². The predicted octanol–water partition coefficient (Wildman–Crippen LogP) is 3.17. The van der Waals surface area contributed by atoms with Gasteiger partial charge in [-0.1, -0.05) is 30.7 Å². The molecule has 174 valence electrons. The number of likely N-dealkylation sites (tertiary alicyclic amines) is 1. The number of furan rings is 1. The van der Waals surface area contributed by atoms with Crippen LogP contribution in [-0.2, 0) is 17.8 Å². The Bertz CT molecular complexity index is 880. The van der Waals surface area contributed by atoms with Crippen LogP contribution in [-0.4, -0.2) is 61.4 Å². The third-order valence-corrected chi connectivity index (χ3v) is 6.28. The van der Waals surface area contributed by atoms with Gasteiger partial charge in [0.25, 0.3) is 0 Å². The van der Waals surface area contributed by atoms with Crippen LogP contribution in [0.15, 0.2) is 52.1 Å². The highest BCUT2D eigenvalue weighted by molar-refractivity contribution is 14.0. The SMILES string of the molecule is CN=C(NCC(=O)N1CCc2ccccc2C1)NCC(c1ccco1)N1CCCCC1.I. The third-order valence-electron chi connectivity index (χ3n) is 6.28. The molecular formula is C24H34IN5O2. The molecule has 0 saturated carbocycles. The summed E-state index contributed by atoms with van der Waals surface area (Å²) in [6, 6.07) is 12.5. The van der Waals surface area contributed by atoms with E-state index < -0.39 is 0 Å². The molecule has 1 unspecified atom stereocenters. The van der Waals surface area contributed by atoms with Crippen LogP contribution in [0.4, 0.5) is 0 Å². The standard InChI is InChI=1S/C24H33N5O2.HI/c1-25-24(26-16-21(22-10-7-15-31-22)28-12-5-2-6-13-28)27-17-23(30)29-14-11-19-8-3-4-9-20(19)18-29;/h3-4,7-10,15,21H,2,5-6,11-14,16-18H2,1H3,(H2,25,26,27);1H. The van der Waals surface area contributed by atoms with Gasteiger partial charge in [0, 0.05) is 26.7 Å². The maximum atomic E-state index is 12.8. The van der Waals surface area contributed by atoms with Crippen molar-refractivity contribution in [1.29, 1.82) is 0 Å². The summed E-state index contributed by atoms with van der Waals surface area (Å²) in [6.45, 7) is 4.51. The van der Waals surface area contributed by atoms with Crippen molar-refractivity contribution < 1.29 is 9.21 Å². The van der Waals surface area contributed by atoms with E-state index in [-0.39, 0.29) is 42.5 Å². The summed E-state index contributed by atoms with van der Waals surface area (Å²) in [5.74, 6) is 1.70. The maximum absolute atomic E-state index is 12.8. The Labute approximate surface area is 207 Å². The fourth-order valence-electron chi connectivity index (χ4n) is 4.51. The first kappa shape index (κ1) is 24.6. The Balaban J connectivity index is 0.00000289. The van der Waals surface area contributed by atoms with Crippen LogP contribution >= 0.6 is 24.0 Å². The molecule has 1 aromatic carbocycles. The van der Waals surface area contributed by atoms with Gasteiger partial charge in [-0.05, 0) is 55.6 Å². The van der Waals surface area contributed by atoms with Crippen LogP contribution in [0.1, 0.15) is 42.2 Å². The summed E-state index contributed by atoms with van der Waals surface area (Å²) < 4.78 is 5.72. The zero-order valence-electron chi connectivity index (χ0n) is 18.8. The largest absolute Gasteiger partial charge is 0.468 e. The smallest absolute Gasteiger partial charge is 0.242 e. The molecule has 0 bridgehead atoms. The molecule has 1 saturated heterocycles. The molecule has 2 aliphatic rings. The lowest BCUT2D eigenvalue weighted by molar-refractivity contribution is -0.130. The molecule has 2 aromatic rings. The van der Waals surface area contributed by atoms with Crippen LogP contribution in [0.2, 0.25) is 0 Å². The maximum Gasteiger partial charge on any atom is 0.242 e. The molecule has 1 aromatic heterocycles. The van der Waals surface area contributed by atoms with Crippen molar-refractivity contribution in [1.82, 2.24) is 20.4 Å². The van der Waals surface area contributed by atoms with Crippen molar-refractivity contribution in [2.45, 2.75) is 38.3 Å². The summed E-state index contributed by atoms with van der Waals surface area (Å²) in [4.78, 5) is 21.5. The van der Waals surface area contributed by atoms with Gasteiger partial charge >= 0.3 is 0 Å². The monoisotopic (exact) mass is 551 g/mol. The predicted molar refractivity (Wildman–Crippen MR) is 137 cm³/mol. The summed E-state index contributed by atoms with van der Waals surface area (Å²) in [6.07, 6.45) is 6.38. The van der Waals surface area contributed by atoms with Crippen molar-refractivity contribution in [2.24, 2.45) is 4.99 Å². The van der Waals surface area contributed by atoms with E-state index >= 15 is 0 Å². The van der Waals surface area contributed by atoms with Crippen molar-refractivity contribution in [3.63, 3.8) is 0 Å². The molecule has 1 amide bonds. The van der Waals surface area contributed by atoms with Gasteiger partial charge < -0.3 is 20.0 Å². The molecule has 2 aliphatic heterocycles. The topological polar surface area (TPSA) is 73.1 Å². The highest BCUT2D eigenvalue weighted by Gasteiger charge is 2.25. The summed E-state index contributed by atoms with van der Waals surface area (Å²) in [5.41, 5.74) is 2.59. The number of guanidine groups is 1. The van der Waals surface area contributed by atoms with E-state index in [9.17, 15) is 4.79 Å². The number of carbonyl (C=O) groups is 1. The first-order chi connectivity index (χ1) is 15.2. The zero-order chi connectivity index (χ0) is 21.5. The number of nitrogens with zero attached hydrogens (tertiary/aromatic N) is 3. The Hall–Kier alpha value is -2.07. The van der Waals surface area contributed by atoms with Gasteiger partial charge in [0.1, 0.15) is 5.76 Å². The van der Waals surface area contributed by atoms with Crippen LogP contribution < -0.4 is 10.6 Å². The highest BCUT2D eigenvalue weighted by Crippen LogP contribution is 2.24. The minimum Gasteiger partial charge on any atom is -0.468 e. The normalized spacial score (nSPS) is 17.8. The summed E-state index contributed by atoms with van der Waals surface area (Å²) in [7, 11) is 1.74. The molecule has 7 nitrogen and oxygen atoms in total. The van der Waals surface area contributed by atoms with E-state index in [2.05, 4.69) is 38.7 Å². The number of rotatable bonds is 6. The minimum atomic E-state index is 0. The van der Waals surface area contributed by atoms with Gasteiger partial charge in [0.15, 0.2) is 5.96 Å². The van der Waals surface area contributed by atoms with Gasteiger partial charge in [-0.2, -0.15) is 0 Å². The van der Waals surface area contributed by atoms with Gasteiger partial charge in [0.05, 0.1) is 18.8 Å². The number of nitrogens with one attached hydrogen (secondary N) is 2. The molecule has 0 aliphatic carbocycles. The lowest BCUT2D eigenvalue weighted by atomic mass is 10.00. The van der Waals surface area contributed by atoms with Gasteiger partial charge in [-0.3, -0.25) is 14.7 Å². The van der Waals surface area contributed by atoms with Gasteiger partial charge in [-0.25, -0.2) is 0 Å². The number of fused-ring (bicyclic) bond motifs is 1. The van der Waals surface area contributed by atoms with Crippen LogP contribution in [0.3, 0.4) is 0 Å². The fourth-order valence-corrected chi connectivity index (χ4v) is 4.51. The molecule has 8 heteroatoms. The number of hydrogen-bond acceptors (Lipinski definition) is 4. The van der Waals surface area contributed by atoms with Crippen molar-refractivity contribution >= 4 is 35.8 Å². The number of piperidine rings is 1. The third kappa shape index (κ3) is 6.25. The molecule has 2 N–H and O–H groups in total.